The topological polar surface area (TPSA) is 68.0 Å². The van der Waals surface area contributed by atoms with Crippen LogP contribution in [0.2, 0.25) is 0 Å². The molecular weight excluding hydrogens is 245 g/mol. The number of aryl methyl sites for hydroxylation is 1. The van der Waals surface area contributed by atoms with Crippen molar-refractivity contribution in [3.05, 3.63) is 59.2 Å². The fraction of sp³-hybridized carbons (Fsp3) is 0.143. The Hall–Kier alpha value is -2.43. The summed E-state index contributed by atoms with van der Waals surface area (Å²) >= 11 is 0. The van der Waals surface area contributed by atoms with Gasteiger partial charge < -0.3 is 11.1 Å². The smallest absolute Gasteiger partial charge is 0.255 e. The number of hydrogen-bond acceptors (Lipinski definition) is 3. The lowest BCUT2D eigenvalue weighted by atomic mass is 10.2. The monoisotopic (exact) mass is 259 g/mol. The Morgan fingerprint density at radius 1 is 1.42 bits per heavy atom. The minimum Gasteiger partial charge on any atom is -0.398 e. The Morgan fingerprint density at radius 2 is 2.16 bits per heavy atom. The molecule has 0 saturated carbocycles. The molecule has 3 N–H and O–H groups in total. The number of carbonyl (C=O) groups excluding carboxylic acids is 1. The molecule has 5 heteroatoms. The van der Waals surface area contributed by atoms with Crippen molar-refractivity contribution in [3.63, 3.8) is 0 Å². The molecule has 1 heterocycles. The van der Waals surface area contributed by atoms with Crippen molar-refractivity contribution in [2.75, 3.05) is 5.73 Å². The second kappa shape index (κ2) is 5.48. The van der Waals surface area contributed by atoms with Crippen molar-refractivity contribution in [3.8, 4) is 0 Å². The number of nitrogen functional groups attached to an aromatic ring is 1. The molecule has 0 radical (unpaired) electrons. The van der Waals surface area contributed by atoms with Crippen LogP contribution in [0, 0.1) is 12.7 Å². The number of pyridine rings is 1. The summed E-state index contributed by atoms with van der Waals surface area (Å²) in [5.41, 5.74) is 7.56. The van der Waals surface area contributed by atoms with Gasteiger partial charge in [0.05, 0.1) is 5.56 Å². The molecule has 4 nitrogen and oxygen atoms in total. The molecule has 0 aliphatic rings. The third-order valence-corrected chi connectivity index (χ3v) is 2.71. The molecule has 0 fully saturated rings. The maximum absolute atomic E-state index is 13.4. The Bertz CT molecular complexity index is 613. The molecule has 2 aromatic rings. The Labute approximate surface area is 110 Å². The lowest BCUT2D eigenvalue weighted by molar-refractivity contribution is 0.0951. The number of nitrogens with zero attached hydrogens (tertiary/aromatic N) is 1. The van der Waals surface area contributed by atoms with Gasteiger partial charge in [0.1, 0.15) is 5.82 Å². The molecule has 0 bridgehead atoms. The highest BCUT2D eigenvalue weighted by Gasteiger charge is 2.11. The number of amides is 1. The van der Waals surface area contributed by atoms with Crippen molar-refractivity contribution in [1.29, 1.82) is 0 Å². The zero-order chi connectivity index (χ0) is 13.8. The largest absolute Gasteiger partial charge is 0.398 e. The fourth-order valence-corrected chi connectivity index (χ4v) is 1.68. The number of nitrogens with two attached hydrogens (primary N) is 1. The van der Waals surface area contributed by atoms with Crippen LogP contribution in [0.25, 0.3) is 0 Å². The SMILES string of the molecule is Cc1cc(N)c(C(=O)NCc2ccccc2F)cn1. The second-order valence-electron chi connectivity index (χ2n) is 4.19. The maximum atomic E-state index is 13.4. The van der Waals surface area contributed by atoms with Crippen LogP contribution >= 0.6 is 0 Å². The van der Waals surface area contributed by atoms with E-state index in [4.69, 9.17) is 5.73 Å². The van der Waals surface area contributed by atoms with Gasteiger partial charge in [-0.25, -0.2) is 4.39 Å². The lowest BCUT2D eigenvalue weighted by Gasteiger charge is -2.08. The van der Waals surface area contributed by atoms with E-state index in [1.165, 1.54) is 12.3 Å². The summed E-state index contributed by atoms with van der Waals surface area (Å²) in [6.45, 7) is 1.90. The molecule has 1 aromatic carbocycles. The van der Waals surface area contributed by atoms with E-state index in [2.05, 4.69) is 10.3 Å². The molecule has 0 unspecified atom stereocenters. The summed E-state index contributed by atoms with van der Waals surface area (Å²) in [6, 6.07) is 7.91. The van der Waals surface area contributed by atoms with Gasteiger partial charge in [0.25, 0.3) is 5.91 Å². The molecule has 0 spiro atoms. The highest BCUT2D eigenvalue weighted by molar-refractivity contribution is 5.98. The number of halogens is 1. The number of carbonyl (C=O) groups is 1. The number of rotatable bonds is 3. The van der Waals surface area contributed by atoms with Crippen LogP contribution in [-0.2, 0) is 6.54 Å². The van der Waals surface area contributed by atoms with E-state index in [-0.39, 0.29) is 18.3 Å². The van der Waals surface area contributed by atoms with Crippen LogP contribution in [0.3, 0.4) is 0 Å². The average Bonchev–Trinajstić information content (AvgIpc) is 2.37. The molecule has 0 aliphatic carbocycles. The third-order valence-electron chi connectivity index (χ3n) is 2.71. The first-order valence-corrected chi connectivity index (χ1v) is 5.81. The van der Waals surface area contributed by atoms with Gasteiger partial charge >= 0.3 is 0 Å². The van der Waals surface area contributed by atoms with Crippen molar-refractivity contribution < 1.29 is 9.18 Å². The Morgan fingerprint density at radius 3 is 2.84 bits per heavy atom. The first-order chi connectivity index (χ1) is 9.08. The van der Waals surface area contributed by atoms with E-state index >= 15 is 0 Å². The Balaban J connectivity index is 2.08. The highest BCUT2D eigenvalue weighted by Crippen LogP contribution is 2.12. The first-order valence-electron chi connectivity index (χ1n) is 5.81. The van der Waals surface area contributed by atoms with E-state index < -0.39 is 0 Å². The second-order valence-corrected chi connectivity index (χ2v) is 4.19. The van der Waals surface area contributed by atoms with Gasteiger partial charge in [-0.3, -0.25) is 9.78 Å². The summed E-state index contributed by atoms with van der Waals surface area (Å²) in [7, 11) is 0. The standard InChI is InChI=1S/C14H14FN3O/c1-9-6-13(16)11(8-17-9)14(19)18-7-10-4-2-3-5-12(10)15/h2-6,8H,7H2,1H3,(H2,16,17)(H,18,19). The van der Waals surface area contributed by atoms with Crippen molar-refractivity contribution >= 4 is 11.6 Å². The molecule has 19 heavy (non-hydrogen) atoms. The van der Waals surface area contributed by atoms with Crippen molar-refractivity contribution in [1.82, 2.24) is 10.3 Å². The number of aromatic nitrogens is 1. The minimum atomic E-state index is -0.367. The van der Waals surface area contributed by atoms with Gasteiger partial charge in [-0.05, 0) is 19.1 Å². The van der Waals surface area contributed by atoms with Crippen LogP contribution in [0.15, 0.2) is 36.5 Å². The number of anilines is 1. The maximum Gasteiger partial charge on any atom is 0.255 e. The van der Waals surface area contributed by atoms with Crippen molar-refractivity contribution in [2.24, 2.45) is 0 Å². The van der Waals surface area contributed by atoms with Crippen LogP contribution in [-0.4, -0.2) is 10.9 Å². The van der Waals surface area contributed by atoms with Gasteiger partial charge in [-0.2, -0.15) is 0 Å². The summed E-state index contributed by atoms with van der Waals surface area (Å²) in [4.78, 5) is 15.9. The molecule has 0 saturated heterocycles. The van der Waals surface area contributed by atoms with E-state index in [1.54, 1.807) is 31.2 Å². The quantitative estimate of drug-likeness (QED) is 0.886. The van der Waals surface area contributed by atoms with Gasteiger partial charge in [0.2, 0.25) is 0 Å². The number of hydrogen-bond donors (Lipinski definition) is 2. The first kappa shape index (κ1) is 13.0. The third kappa shape index (κ3) is 3.07. The van der Waals surface area contributed by atoms with Crippen LogP contribution in [0.4, 0.5) is 10.1 Å². The fourth-order valence-electron chi connectivity index (χ4n) is 1.68. The predicted molar refractivity (Wildman–Crippen MR) is 71.0 cm³/mol. The van der Waals surface area contributed by atoms with Gasteiger partial charge in [0.15, 0.2) is 0 Å². The zero-order valence-electron chi connectivity index (χ0n) is 10.5. The molecular formula is C14H14FN3O. The minimum absolute atomic E-state index is 0.110. The average molecular weight is 259 g/mol. The number of benzene rings is 1. The zero-order valence-corrected chi connectivity index (χ0v) is 10.5. The van der Waals surface area contributed by atoms with Gasteiger partial charge in [0, 0.05) is 29.7 Å². The van der Waals surface area contributed by atoms with Gasteiger partial charge in [-0.1, -0.05) is 18.2 Å². The molecule has 0 atom stereocenters. The highest BCUT2D eigenvalue weighted by atomic mass is 19.1. The lowest BCUT2D eigenvalue weighted by Crippen LogP contribution is -2.24. The Kier molecular flexibility index (Phi) is 3.75. The van der Waals surface area contributed by atoms with Gasteiger partial charge in [-0.15, -0.1) is 0 Å². The predicted octanol–water partition coefficient (Wildman–Crippen LogP) is 2.04. The summed E-state index contributed by atoms with van der Waals surface area (Å²) in [5, 5.41) is 2.62. The normalized spacial score (nSPS) is 10.2. The molecule has 1 aromatic heterocycles. The number of nitrogens with one attached hydrogen (secondary N) is 1. The summed E-state index contributed by atoms with van der Waals surface area (Å²) in [5.74, 6) is -0.717. The van der Waals surface area contributed by atoms with E-state index in [0.717, 1.165) is 5.69 Å². The summed E-state index contributed by atoms with van der Waals surface area (Å²) < 4.78 is 13.4. The van der Waals surface area contributed by atoms with E-state index in [1.807, 2.05) is 0 Å². The van der Waals surface area contributed by atoms with Crippen molar-refractivity contribution in [2.45, 2.75) is 13.5 Å². The molecule has 0 aliphatic heterocycles. The summed E-state index contributed by atoms with van der Waals surface area (Å²) in [6.07, 6.45) is 1.42. The van der Waals surface area contributed by atoms with Crippen LogP contribution in [0.1, 0.15) is 21.6 Å². The van der Waals surface area contributed by atoms with E-state index in [9.17, 15) is 9.18 Å². The molecule has 98 valence electrons. The van der Waals surface area contributed by atoms with Crippen LogP contribution in [0.5, 0.6) is 0 Å². The molecule has 1 amide bonds. The van der Waals surface area contributed by atoms with E-state index in [0.29, 0.717) is 16.8 Å². The molecule has 2 rings (SSSR count). The van der Waals surface area contributed by atoms with Crippen LogP contribution < -0.4 is 11.1 Å².